The number of aryl methyl sites for hydroxylation is 4. The second-order valence-electron chi connectivity index (χ2n) is 13.4. The summed E-state index contributed by atoms with van der Waals surface area (Å²) in [5, 5.41) is 46.4. The molecule has 0 fully saturated rings. The first-order chi connectivity index (χ1) is 21.7. The predicted octanol–water partition coefficient (Wildman–Crippen LogP) is 7.03. The highest BCUT2D eigenvalue weighted by Gasteiger charge is 2.32. The summed E-state index contributed by atoms with van der Waals surface area (Å²) >= 11 is 0. The molecule has 0 radical (unpaired) electrons. The second-order valence-corrected chi connectivity index (χ2v) is 13.4. The van der Waals surface area contributed by atoms with Gasteiger partial charge in [-0.3, -0.25) is 9.69 Å². The predicted molar refractivity (Wildman–Crippen MR) is 180 cm³/mol. The Morgan fingerprint density at radius 1 is 0.565 bits per heavy atom. The van der Waals surface area contributed by atoms with Crippen molar-refractivity contribution in [1.29, 1.82) is 0 Å². The zero-order valence-corrected chi connectivity index (χ0v) is 27.9. The molecule has 0 saturated carbocycles. The quantitative estimate of drug-likeness (QED) is 0.181. The van der Waals surface area contributed by atoms with E-state index in [9.17, 15) is 25.2 Å². The molecule has 1 aliphatic heterocycles. The average molecular weight is 624 g/mol. The second kappa shape index (κ2) is 13.1. The lowest BCUT2D eigenvalue weighted by Gasteiger charge is -2.33. The van der Waals surface area contributed by atoms with Crippen LogP contribution in [0.3, 0.4) is 0 Å². The zero-order chi connectivity index (χ0) is 33.4. The Kier molecular flexibility index (Phi) is 9.36. The van der Waals surface area contributed by atoms with E-state index < -0.39 is 12.0 Å². The van der Waals surface area contributed by atoms with Gasteiger partial charge in [0, 0.05) is 43.5 Å². The number of nitrogens with zero attached hydrogens (tertiary/aromatic N) is 1. The van der Waals surface area contributed by atoms with Crippen molar-refractivity contribution in [2.75, 3.05) is 7.11 Å². The molecular weight excluding hydrogens is 578 g/mol. The third-order valence-corrected chi connectivity index (χ3v) is 9.01. The van der Waals surface area contributed by atoms with Gasteiger partial charge >= 0.3 is 5.97 Å². The first-order valence-corrected chi connectivity index (χ1v) is 15.8. The fourth-order valence-corrected chi connectivity index (χ4v) is 7.06. The van der Waals surface area contributed by atoms with Gasteiger partial charge in [0.1, 0.15) is 29.0 Å². The molecule has 0 unspecified atom stereocenters. The van der Waals surface area contributed by atoms with E-state index in [0.717, 1.165) is 22.3 Å². The van der Waals surface area contributed by atoms with Crippen molar-refractivity contribution < 1.29 is 30.0 Å². The summed E-state index contributed by atoms with van der Waals surface area (Å²) < 4.78 is 5.25. The van der Waals surface area contributed by atoms with Gasteiger partial charge in [-0.2, -0.15) is 0 Å². The molecule has 4 aromatic carbocycles. The Hall–Kier alpha value is -4.49. The lowest BCUT2D eigenvalue weighted by Crippen LogP contribution is -2.44. The van der Waals surface area contributed by atoms with Crippen molar-refractivity contribution in [2.24, 2.45) is 5.92 Å². The number of phenols is 4. The number of fused-ring (bicyclic) bond motifs is 8. The topological polar surface area (TPSA) is 110 Å². The van der Waals surface area contributed by atoms with Crippen LogP contribution in [0.4, 0.5) is 0 Å². The van der Waals surface area contributed by atoms with Gasteiger partial charge in [-0.15, -0.1) is 0 Å². The fourth-order valence-electron chi connectivity index (χ4n) is 7.06. The van der Waals surface area contributed by atoms with Crippen LogP contribution in [-0.2, 0) is 41.9 Å². The molecule has 1 atom stereocenters. The van der Waals surface area contributed by atoms with Gasteiger partial charge < -0.3 is 25.2 Å². The third kappa shape index (κ3) is 6.70. The number of methoxy groups -OCH3 is 1. The van der Waals surface area contributed by atoms with E-state index in [-0.39, 0.29) is 42.0 Å². The van der Waals surface area contributed by atoms with Crippen LogP contribution in [0.5, 0.6) is 23.0 Å². The number of benzene rings is 4. The highest BCUT2D eigenvalue weighted by Crippen LogP contribution is 2.38. The molecule has 7 nitrogen and oxygen atoms in total. The molecule has 0 amide bonds. The van der Waals surface area contributed by atoms with Crippen LogP contribution in [0.15, 0.2) is 48.5 Å². The van der Waals surface area contributed by atoms with E-state index in [1.165, 1.54) is 7.11 Å². The zero-order valence-electron chi connectivity index (χ0n) is 27.9. The summed E-state index contributed by atoms with van der Waals surface area (Å²) in [6.07, 6.45) is 0.896. The van der Waals surface area contributed by atoms with Gasteiger partial charge in [-0.05, 0) is 67.0 Å². The van der Waals surface area contributed by atoms with Gasteiger partial charge in [0.2, 0.25) is 0 Å². The number of hydrogen-bond donors (Lipinski definition) is 4. The Balaban J connectivity index is 1.78. The summed E-state index contributed by atoms with van der Waals surface area (Å²) in [5.41, 5.74) is 9.09. The molecule has 0 saturated heterocycles. The average Bonchev–Trinajstić information content (AvgIpc) is 2.97. The van der Waals surface area contributed by atoms with Crippen molar-refractivity contribution in [3.05, 3.63) is 115 Å². The minimum absolute atomic E-state index is 0.0988. The molecule has 242 valence electrons. The van der Waals surface area contributed by atoms with Crippen LogP contribution in [-0.4, -0.2) is 44.4 Å². The summed E-state index contributed by atoms with van der Waals surface area (Å²) in [6, 6.07) is 14.7. The minimum Gasteiger partial charge on any atom is -0.507 e. The largest absolute Gasteiger partial charge is 0.507 e. The van der Waals surface area contributed by atoms with E-state index in [1.807, 2.05) is 95.0 Å². The van der Waals surface area contributed by atoms with E-state index in [1.54, 1.807) is 0 Å². The number of aromatic hydroxyl groups is 4. The molecule has 0 aliphatic carbocycles. The maximum Gasteiger partial charge on any atom is 0.323 e. The summed E-state index contributed by atoms with van der Waals surface area (Å²) in [7, 11) is 1.37. The summed E-state index contributed by atoms with van der Waals surface area (Å²) in [5.74, 6) is -0.0716. The van der Waals surface area contributed by atoms with Crippen molar-refractivity contribution in [2.45, 2.75) is 79.9 Å². The Morgan fingerprint density at radius 2 is 0.826 bits per heavy atom. The van der Waals surface area contributed by atoms with Crippen LogP contribution >= 0.6 is 0 Å². The van der Waals surface area contributed by atoms with Gasteiger partial charge in [0.15, 0.2) is 0 Å². The Morgan fingerprint density at radius 3 is 1.09 bits per heavy atom. The number of esters is 1. The molecule has 0 aromatic heterocycles. The molecule has 46 heavy (non-hydrogen) atoms. The van der Waals surface area contributed by atoms with Crippen LogP contribution in [0.1, 0.15) is 80.6 Å². The SMILES string of the molecule is COC(=O)[C@H](C(C)C)N1Cc2cc(C)cc(c2O)Cc2cc(C)cc(c2O)Cc2cc(C)cc(c2O)Cc2cc(C)cc(c2O)C1. The third-order valence-electron chi connectivity index (χ3n) is 9.01. The normalized spacial score (nSPS) is 14.4. The lowest BCUT2D eigenvalue weighted by atomic mass is 9.90. The molecule has 4 aromatic rings. The summed E-state index contributed by atoms with van der Waals surface area (Å²) in [6.45, 7) is 12.2. The van der Waals surface area contributed by atoms with Gasteiger partial charge in [-0.25, -0.2) is 0 Å². The standard InChI is InChI=1S/C39H45NO6/c1-21(2)34(39(45)46-7)40-19-32-14-24(5)12-30(37(32)43)17-28-10-22(3)8-26(35(28)41)16-27-9-23(4)11-29(36(27)42)18-31-13-25(6)15-33(20-40)38(31)44/h8-15,21,34,41-44H,16-20H2,1-7H3/t34-/m0/s1. The van der Waals surface area contributed by atoms with E-state index >= 15 is 0 Å². The van der Waals surface area contributed by atoms with Crippen LogP contribution in [0, 0.1) is 33.6 Å². The monoisotopic (exact) mass is 623 g/mol. The van der Waals surface area contributed by atoms with Crippen LogP contribution < -0.4 is 0 Å². The first-order valence-electron chi connectivity index (χ1n) is 15.8. The first kappa shape index (κ1) is 32.9. The maximum atomic E-state index is 13.2. The Labute approximate surface area is 271 Å². The number of carbonyl (C=O) groups excluding carboxylic acids is 1. The maximum absolute atomic E-state index is 13.2. The van der Waals surface area contributed by atoms with Gasteiger partial charge in [-0.1, -0.05) is 84.6 Å². The number of hydrogen-bond acceptors (Lipinski definition) is 7. The number of rotatable bonds is 3. The minimum atomic E-state index is -0.658. The smallest absolute Gasteiger partial charge is 0.323 e. The van der Waals surface area contributed by atoms with Crippen molar-refractivity contribution in [3.63, 3.8) is 0 Å². The molecule has 5 rings (SSSR count). The Bertz CT molecular complexity index is 1690. The van der Waals surface area contributed by atoms with Crippen LogP contribution in [0.2, 0.25) is 0 Å². The molecule has 1 aliphatic rings. The van der Waals surface area contributed by atoms with Crippen molar-refractivity contribution in [1.82, 2.24) is 4.90 Å². The highest BCUT2D eigenvalue weighted by molar-refractivity contribution is 5.76. The number of ether oxygens (including phenoxy) is 1. The summed E-state index contributed by atoms with van der Waals surface area (Å²) in [4.78, 5) is 15.2. The molecule has 8 bridgehead atoms. The van der Waals surface area contributed by atoms with Gasteiger partial charge in [0.05, 0.1) is 7.11 Å². The molecule has 4 N–H and O–H groups in total. The van der Waals surface area contributed by atoms with Crippen molar-refractivity contribution >= 4 is 5.97 Å². The lowest BCUT2D eigenvalue weighted by molar-refractivity contribution is -0.149. The number of carbonyl (C=O) groups is 1. The molecular formula is C39H45NO6. The number of phenolic OH excluding ortho intramolecular Hbond substituents is 4. The van der Waals surface area contributed by atoms with Crippen LogP contribution in [0.25, 0.3) is 0 Å². The molecule has 7 heteroatoms. The molecule has 1 heterocycles. The van der Waals surface area contributed by atoms with E-state index in [4.69, 9.17) is 4.74 Å². The van der Waals surface area contributed by atoms with E-state index in [2.05, 4.69) is 0 Å². The van der Waals surface area contributed by atoms with Gasteiger partial charge in [0.25, 0.3) is 0 Å². The molecule has 0 spiro atoms. The van der Waals surface area contributed by atoms with Crippen molar-refractivity contribution in [3.8, 4) is 23.0 Å². The van der Waals surface area contributed by atoms with E-state index in [0.29, 0.717) is 63.8 Å². The highest BCUT2D eigenvalue weighted by atomic mass is 16.5. The fraction of sp³-hybridized carbons (Fsp3) is 0.359.